The molecule has 0 fully saturated rings. The molecule has 0 N–H and O–H groups in total. The summed E-state index contributed by atoms with van der Waals surface area (Å²) >= 11 is 0. The molecule has 0 heterocycles. The molecule has 0 saturated carbocycles. The molecular weight excluding hydrogens is 354 g/mol. The van der Waals surface area contributed by atoms with Crippen molar-refractivity contribution in [3.8, 4) is 0 Å². The molecule has 0 atom stereocenters. The lowest BCUT2D eigenvalue weighted by atomic mass is 10.1. The molecule has 0 aliphatic heterocycles. The molecule has 0 bridgehead atoms. The highest BCUT2D eigenvalue weighted by Gasteiger charge is 2.50. The summed E-state index contributed by atoms with van der Waals surface area (Å²) in [5.41, 5.74) is 0. The zero-order valence-electron chi connectivity index (χ0n) is 17.5. The average molecular weight is 397 g/mol. The van der Waals surface area contributed by atoms with Gasteiger partial charge in [0.2, 0.25) is 0 Å². The maximum atomic E-state index is 13.2. The van der Waals surface area contributed by atoms with E-state index < -0.39 is 35.3 Å². The van der Waals surface area contributed by atoms with Crippen LogP contribution in [0.5, 0.6) is 0 Å². The topological polar surface area (TPSA) is 34.1 Å². The largest absolute Gasteiger partial charge is 0.323 e. The van der Waals surface area contributed by atoms with E-state index in [-0.39, 0.29) is 0 Å². The first kappa shape index (κ1) is 23.9. The Hall–Kier alpha value is 0.894. The van der Waals surface area contributed by atoms with Gasteiger partial charge in [-0.3, -0.25) is 0 Å². The lowest BCUT2D eigenvalue weighted by Crippen LogP contribution is -2.31. The van der Waals surface area contributed by atoms with Crippen LogP contribution in [0.3, 0.4) is 0 Å². The second kappa shape index (κ2) is 8.06. The lowest BCUT2D eigenvalue weighted by Gasteiger charge is -2.42. The summed E-state index contributed by atoms with van der Waals surface area (Å²) in [6, 6.07) is 2.48. The first-order valence-electron chi connectivity index (χ1n) is 9.02. The first-order chi connectivity index (χ1) is 9.91. The van der Waals surface area contributed by atoms with E-state index in [1.165, 1.54) is 12.1 Å². The Morgan fingerprint density at radius 1 is 0.652 bits per heavy atom. The van der Waals surface area contributed by atoms with Gasteiger partial charge in [-0.2, -0.15) is 0 Å². The molecule has 0 aromatic rings. The molecule has 0 aliphatic rings. The van der Waals surface area contributed by atoms with E-state index in [2.05, 4.69) is 39.3 Å². The van der Waals surface area contributed by atoms with Crippen molar-refractivity contribution in [1.29, 1.82) is 0 Å². The smallest absolute Gasteiger partial charge is 0.0947 e. The highest BCUT2D eigenvalue weighted by Crippen LogP contribution is 2.74. The molecule has 6 heteroatoms. The van der Waals surface area contributed by atoms with Crippen molar-refractivity contribution in [3.05, 3.63) is 0 Å². The van der Waals surface area contributed by atoms with Crippen LogP contribution >= 0.6 is 14.3 Å². The molecule has 0 aromatic carbocycles. The van der Waals surface area contributed by atoms with E-state index in [9.17, 15) is 9.13 Å². The first-order valence-corrected chi connectivity index (χ1v) is 21.6. The van der Waals surface area contributed by atoms with Crippen LogP contribution in [-0.2, 0) is 9.13 Å². The van der Waals surface area contributed by atoms with Crippen LogP contribution in [0.2, 0.25) is 51.4 Å². The van der Waals surface area contributed by atoms with Gasteiger partial charge < -0.3 is 9.13 Å². The van der Waals surface area contributed by atoms with Crippen LogP contribution < -0.4 is 0 Å². The molecule has 2 nitrogen and oxygen atoms in total. The van der Waals surface area contributed by atoms with E-state index >= 15 is 0 Å². The van der Waals surface area contributed by atoms with Gasteiger partial charge in [0.15, 0.2) is 0 Å². The molecule has 0 aromatic heterocycles. The molecule has 0 radical (unpaired) electrons. The van der Waals surface area contributed by atoms with Crippen molar-refractivity contribution in [2.45, 2.75) is 82.0 Å². The van der Waals surface area contributed by atoms with E-state index in [1.54, 1.807) is 0 Å². The Labute approximate surface area is 148 Å². The standard InChI is InChI=1S/C17H42O2P2Si2/c1-20(2,18)17(21(3,4)19,13-11-15-22(5,6)7)14-12-16-23(8,9)10/h11-16H2,1-10H3. The Bertz CT molecular complexity index is 420. The van der Waals surface area contributed by atoms with Crippen LogP contribution in [0, 0.1) is 0 Å². The predicted octanol–water partition coefficient (Wildman–Crippen LogP) is 7.16. The third-order valence-electron chi connectivity index (χ3n) is 5.01. The average Bonchev–Trinajstić information content (AvgIpc) is 2.19. The van der Waals surface area contributed by atoms with Crippen LogP contribution in [0.1, 0.15) is 25.7 Å². The summed E-state index contributed by atoms with van der Waals surface area (Å²) in [5.74, 6) is 0. The highest BCUT2D eigenvalue weighted by molar-refractivity contribution is 7.81. The van der Waals surface area contributed by atoms with Gasteiger partial charge in [0.05, 0.1) is 19.2 Å². The normalized spacial score (nSPS) is 15.0. The zero-order valence-corrected chi connectivity index (χ0v) is 21.2. The maximum Gasteiger partial charge on any atom is 0.0947 e. The van der Waals surface area contributed by atoms with Crippen LogP contribution in [0.15, 0.2) is 0 Å². The molecule has 0 aliphatic carbocycles. The van der Waals surface area contributed by atoms with Crippen molar-refractivity contribution in [2.75, 3.05) is 26.7 Å². The van der Waals surface area contributed by atoms with Crippen molar-refractivity contribution in [1.82, 2.24) is 0 Å². The van der Waals surface area contributed by atoms with Crippen LogP contribution in [0.25, 0.3) is 0 Å². The summed E-state index contributed by atoms with van der Waals surface area (Å²) in [6.07, 6.45) is 3.94. The quantitative estimate of drug-likeness (QED) is 0.290. The van der Waals surface area contributed by atoms with Gasteiger partial charge in [-0.05, 0) is 39.5 Å². The Morgan fingerprint density at radius 2 is 0.913 bits per heavy atom. The summed E-state index contributed by atoms with van der Waals surface area (Å²) in [6.45, 7) is 21.8. The fourth-order valence-corrected chi connectivity index (χ4v) is 13.5. The Balaban J connectivity index is 5.39. The molecule has 23 heavy (non-hydrogen) atoms. The minimum atomic E-state index is -2.42. The third kappa shape index (κ3) is 8.21. The van der Waals surface area contributed by atoms with Gasteiger partial charge in [-0.15, -0.1) is 0 Å². The van der Waals surface area contributed by atoms with Gasteiger partial charge in [-0.25, -0.2) is 0 Å². The number of hydrogen-bond acceptors (Lipinski definition) is 2. The molecule has 0 saturated heterocycles. The lowest BCUT2D eigenvalue weighted by molar-refractivity contribution is 0.505. The highest BCUT2D eigenvalue weighted by atomic mass is 31.2. The van der Waals surface area contributed by atoms with E-state index in [4.69, 9.17) is 0 Å². The molecular formula is C17H42O2P2Si2. The molecule has 0 spiro atoms. The van der Waals surface area contributed by atoms with Crippen molar-refractivity contribution in [2.24, 2.45) is 0 Å². The predicted molar refractivity (Wildman–Crippen MR) is 116 cm³/mol. The van der Waals surface area contributed by atoms with E-state index in [0.29, 0.717) is 0 Å². The third-order valence-corrected chi connectivity index (χ3v) is 16.5. The summed E-state index contributed by atoms with van der Waals surface area (Å²) < 4.78 is 26.5. The van der Waals surface area contributed by atoms with Gasteiger partial charge in [0, 0.05) is 16.1 Å². The molecule has 0 rings (SSSR count). The summed E-state index contributed by atoms with van der Waals surface area (Å²) in [7, 11) is -7.07. The minimum Gasteiger partial charge on any atom is -0.323 e. The second-order valence-electron chi connectivity index (χ2n) is 10.5. The fraction of sp³-hybridized carbons (Fsp3) is 1.00. The maximum absolute atomic E-state index is 13.2. The number of hydrogen-bond donors (Lipinski definition) is 0. The zero-order chi connectivity index (χ0) is 18.7. The Kier molecular flexibility index (Phi) is 8.38. The van der Waals surface area contributed by atoms with Gasteiger partial charge in [-0.1, -0.05) is 64.2 Å². The van der Waals surface area contributed by atoms with E-state index in [0.717, 1.165) is 25.7 Å². The van der Waals surface area contributed by atoms with Crippen LogP contribution in [0.4, 0.5) is 0 Å². The van der Waals surface area contributed by atoms with Gasteiger partial charge in [0.25, 0.3) is 0 Å². The SMILES string of the molecule is C[Si](C)(C)CCCC(CCC[Si](C)(C)C)(P(C)(C)=O)P(C)(C)=O. The fourth-order valence-electron chi connectivity index (χ4n) is 3.59. The summed E-state index contributed by atoms with van der Waals surface area (Å²) in [5, 5.41) is 0. The van der Waals surface area contributed by atoms with Gasteiger partial charge in [0.1, 0.15) is 0 Å². The van der Waals surface area contributed by atoms with Gasteiger partial charge >= 0.3 is 0 Å². The molecule has 0 unspecified atom stereocenters. The van der Waals surface area contributed by atoms with Crippen molar-refractivity contribution in [3.63, 3.8) is 0 Å². The second-order valence-corrected chi connectivity index (χ2v) is 29.2. The number of rotatable bonds is 10. The minimum absolute atomic E-state index is 0.431. The summed E-state index contributed by atoms with van der Waals surface area (Å²) in [4.78, 5) is -0.431. The molecule has 140 valence electrons. The van der Waals surface area contributed by atoms with Crippen molar-refractivity contribution < 1.29 is 9.13 Å². The Morgan fingerprint density at radius 3 is 1.09 bits per heavy atom. The van der Waals surface area contributed by atoms with Crippen molar-refractivity contribution >= 4 is 30.4 Å². The van der Waals surface area contributed by atoms with E-state index in [1.807, 2.05) is 26.7 Å². The van der Waals surface area contributed by atoms with Crippen LogP contribution in [-0.4, -0.2) is 47.7 Å². The molecule has 0 amide bonds. The monoisotopic (exact) mass is 396 g/mol.